The van der Waals surface area contributed by atoms with Gasteiger partial charge in [0.15, 0.2) is 0 Å². The van der Waals surface area contributed by atoms with Crippen LogP contribution in [0.25, 0.3) is 0 Å². The molecule has 1 aromatic rings. The van der Waals surface area contributed by atoms with Crippen LogP contribution in [-0.2, 0) is 6.54 Å². The highest BCUT2D eigenvalue weighted by atomic mass is 32.1. The Hall–Kier alpha value is -0.610. The third-order valence-electron chi connectivity index (χ3n) is 3.82. The highest BCUT2D eigenvalue weighted by molar-refractivity contribution is 7.07. The van der Waals surface area contributed by atoms with Crippen molar-refractivity contribution in [3.05, 3.63) is 20.7 Å². The molecule has 1 aliphatic carbocycles. The Kier molecular flexibility index (Phi) is 4.80. The van der Waals surface area contributed by atoms with Crippen LogP contribution in [0.5, 0.6) is 0 Å². The van der Waals surface area contributed by atoms with Gasteiger partial charge < -0.3 is 10.3 Å². The van der Waals surface area contributed by atoms with Gasteiger partial charge in [0.1, 0.15) is 0 Å². The molecule has 2 atom stereocenters. The highest BCUT2D eigenvalue weighted by Gasteiger charge is 2.17. The molecule has 0 saturated heterocycles. The summed E-state index contributed by atoms with van der Waals surface area (Å²) in [6.45, 7) is 3.11. The van der Waals surface area contributed by atoms with E-state index in [1.54, 1.807) is 0 Å². The summed E-state index contributed by atoms with van der Waals surface area (Å²) in [6.07, 6.45) is 7.98. The van der Waals surface area contributed by atoms with E-state index in [-0.39, 0.29) is 4.87 Å². The Bertz CT molecular complexity index is 385. The fourth-order valence-corrected chi connectivity index (χ4v) is 3.23. The molecule has 2 N–H and O–H groups in total. The van der Waals surface area contributed by atoms with Gasteiger partial charge in [-0.15, -0.1) is 0 Å². The monoisotopic (exact) mass is 254 g/mol. The second-order valence-corrected chi connectivity index (χ2v) is 5.88. The van der Waals surface area contributed by atoms with Gasteiger partial charge in [-0.25, -0.2) is 0 Å². The second-order valence-electron chi connectivity index (χ2n) is 5.03. The Morgan fingerprint density at radius 2 is 2.29 bits per heavy atom. The number of nitrogens with one attached hydrogen (secondary N) is 2. The predicted octanol–water partition coefficient (Wildman–Crippen LogP) is 2.88. The molecule has 0 radical (unpaired) electrons. The SMILES string of the molecule is CCC1CCCC(NCc2csc(=O)[nH]2)CC1. The number of aromatic nitrogens is 1. The Balaban J connectivity index is 1.77. The molecule has 1 saturated carbocycles. The van der Waals surface area contributed by atoms with E-state index in [4.69, 9.17) is 0 Å². The van der Waals surface area contributed by atoms with Crippen molar-refractivity contribution in [1.82, 2.24) is 10.3 Å². The van der Waals surface area contributed by atoms with Crippen molar-refractivity contribution < 1.29 is 0 Å². The minimum atomic E-state index is 0.0497. The predicted molar refractivity (Wildman–Crippen MR) is 72.4 cm³/mol. The van der Waals surface area contributed by atoms with Crippen molar-refractivity contribution in [2.45, 2.75) is 58.0 Å². The maximum absolute atomic E-state index is 11.0. The fraction of sp³-hybridized carbons (Fsp3) is 0.769. The molecule has 0 bridgehead atoms. The third-order valence-corrected chi connectivity index (χ3v) is 4.54. The molecule has 4 heteroatoms. The summed E-state index contributed by atoms with van der Waals surface area (Å²) in [5.41, 5.74) is 1.02. The first-order chi connectivity index (χ1) is 8.28. The van der Waals surface area contributed by atoms with Gasteiger partial charge in [-0.1, -0.05) is 37.5 Å². The zero-order valence-electron chi connectivity index (χ0n) is 10.5. The summed E-state index contributed by atoms with van der Waals surface area (Å²) in [7, 11) is 0. The van der Waals surface area contributed by atoms with Gasteiger partial charge in [0.2, 0.25) is 0 Å². The molecule has 17 heavy (non-hydrogen) atoms. The number of hydrogen-bond donors (Lipinski definition) is 2. The molecular weight excluding hydrogens is 232 g/mol. The maximum Gasteiger partial charge on any atom is 0.304 e. The summed E-state index contributed by atoms with van der Waals surface area (Å²) >= 11 is 1.25. The van der Waals surface area contributed by atoms with Gasteiger partial charge in [-0.3, -0.25) is 4.79 Å². The highest BCUT2D eigenvalue weighted by Crippen LogP contribution is 2.25. The zero-order valence-corrected chi connectivity index (χ0v) is 11.3. The lowest BCUT2D eigenvalue weighted by atomic mass is 9.98. The summed E-state index contributed by atoms with van der Waals surface area (Å²) < 4.78 is 0. The molecule has 1 fully saturated rings. The minimum Gasteiger partial charge on any atom is -0.315 e. The van der Waals surface area contributed by atoms with Gasteiger partial charge in [-0.2, -0.15) is 0 Å². The summed E-state index contributed by atoms with van der Waals surface area (Å²) in [5, 5.41) is 5.49. The molecule has 1 aliphatic rings. The molecular formula is C13H22N2OS. The normalized spacial score (nSPS) is 25.7. The Morgan fingerprint density at radius 1 is 1.41 bits per heavy atom. The average molecular weight is 254 g/mol. The zero-order chi connectivity index (χ0) is 12.1. The Morgan fingerprint density at radius 3 is 3.00 bits per heavy atom. The first-order valence-corrected chi connectivity index (χ1v) is 7.56. The Labute approximate surface area is 107 Å². The van der Waals surface area contributed by atoms with Crippen LogP contribution in [0.1, 0.15) is 51.1 Å². The lowest BCUT2D eigenvalue weighted by Gasteiger charge is -2.15. The van der Waals surface area contributed by atoms with E-state index in [0.717, 1.165) is 18.2 Å². The number of rotatable bonds is 4. The van der Waals surface area contributed by atoms with Crippen molar-refractivity contribution in [3.8, 4) is 0 Å². The van der Waals surface area contributed by atoms with E-state index in [9.17, 15) is 4.79 Å². The molecule has 96 valence electrons. The maximum atomic E-state index is 11.0. The van der Waals surface area contributed by atoms with E-state index in [0.29, 0.717) is 6.04 Å². The number of aromatic amines is 1. The van der Waals surface area contributed by atoms with Crippen LogP contribution in [0, 0.1) is 5.92 Å². The van der Waals surface area contributed by atoms with E-state index in [1.165, 1.54) is 49.9 Å². The van der Waals surface area contributed by atoms with E-state index >= 15 is 0 Å². The van der Waals surface area contributed by atoms with Crippen LogP contribution in [0.4, 0.5) is 0 Å². The van der Waals surface area contributed by atoms with Crippen LogP contribution in [0.2, 0.25) is 0 Å². The van der Waals surface area contributed by atoms with Crippen LogP contribution < -0.4 is 10.2 Å². The number of H-pyrrole nitrogens is 1. The minimum absolute atomic E-state index is 0.0497. The number of thiazole rings is 1. The average Bonchev–Trinajstić information content (AvgIpc) is 2.63. The van der Waals surface area contributed by atoms with Crippen LogP contribution >= 0.6 is 11.3 Å². The molecule has 0 spiro atoms. The summed E-state index contributed by atoms with van der Waals surface area (Å²) in [5.74, 6) is 0.933. The van der Waals surface area contributed by atoms with Gasteiger partial charge in [0.05, 0.1) is 0 Å². The first kappa shape index (κ1) is 12.8. The van der Waals surface area contributed by atoms with Crippen LogP contribution in [0.15, 0.2) is 10.2 Å². The van der Waals surface area contributed by atoms with Crippen molar-refractivity contribution in [3.63, 3.8) is 0 Å². The quantitative estimate of drug-likeness (QED) is 0.812. The first-order valence-electron chi connectivity index (χ1n) is 6.68. The second kappa shape index (κ2) is 6.36. The van der Waals surface area contributed by atoms with Crippen molar-refractivity contribution >= 4 is 11.3 Å². The van der Waals surface area contributed by atoms with Crippen molar-refractivity contribution in [2.75, 3.05) is 0 Å². The topological polar surface area (TPSA) is 44.9 Å². The van der Waals surface area contributed by atoms with E-state index < -0.39 is 0 Å². The standard InChI is InChI=1S/C13H22N2OS/c1-2-10-4-3-5-11(7-6-10)14-8-12-9-17-13(16)15-12/h9-11,14H,2-8H2,1H3,(H,15,16). The molecule has 0 aromatic carbocycles. The van der Waals surface area contributed by atoms with Gasteiger partial charge in [0.25, 0.3) is 0 Å². The van der Waals surface area contributed by atoms with Crippen LogP contribution in [0.3, 0.4) is 0 Å². The lowest BCUT2D eigenvalue weighted by Crippen LogP contribution is -2.28. The van der Waals surface area contributed by atoms with Crippen molar-refractivity contribution in [2.24, 2.45) is 5.92 Å². The lowest BCUT2D eigenvalue weighted by molar-refractivity contribution is 0.424. The third kappa shape index (κ3) is 3.96. The summed E-state index contributed by atoms with van der Waals surface area (Å²) in [6, 6.07) is 0.634. The molecule has 2 unspecified atom stereocenters. The summed E-state index contributed by atoms with van der Waals surface area (Å²) in [4.78, 5) is 13.9. The number of hydrogen-bond acceptors (Lipinski definition) is 3. The fourth-order valence-electron chi connectivity index (χ4n) is 2.65. The largest absolute Gasteiger partial charge is 0.315 e. The molecule has 1 aromatic heterocycles. The van der Waals surface area contributed by atoms with Gasteiger partial charge >= 0.3 is 4.87 Å². The molecule has 0 amide bonds. The van der Waals surface area contributed by atoms with Gasteiger partial charge in [-0.05, 0) is 25.2 Å². The van der Waals surface area contributed by atoms with Crippen molar-refractivity contribution in [1.29, 1.82) is 0 Å². The molecule has 0 aliphatic heterocycles. The smallest absolute Gasteiger partial charge is 0.304 e. The van der Waals surface area contributed by atoms with E-state index in [2.05, 4.69) is 17.2 Å². The molecule has 3 nitrogen and oxygen atoms in total. The van der Waals surface area contributed by atoms with Crippen LogP contribution in [-0.4, -0.2) is 11.0 Å². The van der Waals surface area contributed by atoms with Gasteiger partial charge in [0, 0.05) is 23.7 Å². The van der Waals surface area contributed by atoms with E-state index in [1.807, 2.05) is 5.38 Å². The molecule has 1 heterocycles. The molecule has 2 rings (SSSR count).